The highest BCUT2D eigenvalue weighted by Gasteiger charge is 2.14. The van der Waals surface area contributed by atoms with Crippen LogP contribution in [0.4, 0.5) is 11.5 Å². The van der Waals surface area contributed by atoms with Crippen LogP contribution in [0.5, 0.6) is 5.88 Å². The van der Waals surface area contributed by atoms with Crippen LogP contribution in [0.3, 0.4) is 0 Å². The van der Waals surface area contributed by atoms with Gasteiger partial charge in [-0.2, -0.15) is 5.26 Å². The van der Waals surface area contributed by atoms with Crippen molar-refractivity contribution in [3.8, 4) is 11.9 Å². The van der Waals surface area contributed by atoms with Crippen molar-refractivity contribution in [3.63, 3.8) is 0 Å². The maximum atomic E-state index is 9.29. The molecule has 1 aliphatic rings. The highest BCUT2D eigenvalue weighted by molar-refractivity contribution is 5.61. The highest BCUT2D eigenvalue weighted by atomic mass is 16.5. The lowest BCUT2D eigenvalue weighted by molar-refractivity contribution is 0.122. The zero-order chi connectivity index (χ0) is 16.8. The molecule has 0 unspecified atom stereocenters. The monoisotopic (exact) mass is 326 g/mol. The van der Waals surface area contributed by atoms with Gasteiger partial charge in [0, 0.05) is 25.4 Å². The molecule has 0 amide bonds. The van der Waals surface area contributed by atoms with Crippen LogP contribution in [-0.2, 0) is 11.3 Å². The van der Waals surface area contributed by atoms with Gasteiger partial charge in [-0.3, -0.25) is 0 Å². The number of anilines is 2. The van der Waals surface area contributed by atoms with Crippen molar-refractivity contribution in [1.82, 2.24) is 15.0 Å². The molecule has 2 aromatic heterocycles. The Labute approximate surface area is 140 Å². The van der Waals surface area contributed by atoms with Gasteiger partial charge in [-0.25, -0.2) is 15.0 Å². The Morgan fingerprint density at radius 3 is 2.92 bits per heavy atom. The number of rotatable bonds is 5. The van der Waals surface area contributed by atoms with Crippen molar-refractivity contribution in [3.05, 3.63) is 35.9 Å². The zero-order valence-corrected chi connectivity index (χ0v) is 13.4. The van der Waals surface area contributed by atoms with E-state index in [4.69, 9.17) is 9.47 Å². The van der Waals surface area contributed by atoms with Crippen molar-refractivity contribution in [1.29, 1.82) is 5.26 Å². The minimum absolute atomic E-state index is 0.305. The highest BCUT2D eigenvalue weighted by Crippen LogP contribution is 2.23. The molecule has 0 saturated carbocycles. The van der Waals surface area contributed by atoms with Gasteiger partial charge in [0.2, 0.25) is 5.88 Å². The van der Waals surface area contributed by atoms with Crippen molar-refractivity contribution in [2.75, 3.05) is 43.6 Å². The Kier molecular flexibility index (Phi) is 5.03. The Balaban J connectivity index is 1.72. The van der Waals surface area contributed by atoms with Gasteiger partial charge in [0.05, 0.1) is 38.2 Å². The molecule has 3 heterocycles. The van der Waals surface area contributed by atoms with Gasteiger partial charge in [0.1, 0.15) is 23.8 Å². The van der Waals surface area contributed by atoms with Crippen LogP contribution in [0.15, 0.2) is 24.7 Å². The minimum Gasteiger partial charge on any atom is -0.480 e. The second-order valence-electron chi connectivity index (χ2n) is 5.18. The van der Waals surface area contributed by atoms with Gasteiger partial charge in [0.15, 0.2) is 0 Å². The molecule has 0 radical (unpaired) electrons. The molecule has 0 spiro atoms. The molecule has 0 bridgehead atoms. The maximum Gasteiger partial charge on any atom is 0.233 e. The van der Waals surface area contributed by atoms with E-state index in [9.17, 15) is 5.26 Å². The van der Waals surface area contributed by atoms with Crippen LogP contribution in [0.25, 0.3) is 0 Å². The SMILES string of the molecule is COc1nccc(NCc2cc(N3CCOCC3)ncn2)c1C#N. The lowest BCUT2D eigenvalue weighted by Gasteiger charge is -2.27. The first-order valence-corrected chi connectivity index (χ1v) is 7.62. The predicted octanol–water partition coefficient (Wildman–Crippen LogP) is 1.20. The molecule has 0 atom stereocenters. The molecular formula is C16H18N6O2. The van der Waals surface area contributed by atoms with E-state index in [0.717, 1.165) is 24.6 Å². The lowest BCUT2D eigenvalue weighted by Crippen LogP contribution is -2.36. The molecule has 2 aromatic rings. The number of ether oxygens (including phenoxy) is 2. The fourth-order valence-electron chi connectivity index (χ4n) is 2.49. The maximum absolute atomic E-state index is 9.29. The molecule has 0 aliphatic carbocycles. The number of aromatic nitrogens is 3. The summed E-state index contributed by atoms with van der Waals surface area (Å²) in [5, 5.41) is 12.5. The molecular weight excluding hydrogens is 308 g/mol. The number of methoxy groups -OCH3 is 1. The van der Waals surface area contributed by atoms with E-state index in [1.807, 2.05) is 6.07 Å². The molecule has 8 heteroatoms. The van der Waals surface area contributed by atoms with Crippen LogP contribution in [-0.4, -0.2) is 48.4 Å². The fourth-order valence-corrected chi connectivity index (χ4v) is 2.49. The van der Waals surface area contributed by atoms with Gasteiger partial charge in [0.25, 0.3) is 0 Å². The largest absolute Gasteiger partial charge is 0.480 e. The summed E-state index contributed by atoms with van der Waals surface area (Å²) in [4.78, 5) is 14.8. The molecule has 1 fully saturated rings. The Hall–Kier alpha value is -2.92. The number of nitrogens with zero attached hydrogens (tertiary/aromatic N) is 5. The summed E-state index contributed by atoms with van der Waals surface area (Å²) in [7, 11) is 1.49. The van der Waals surface area contributed by atoms with Crippen molar-refractivity contribution >= 4 is 11.5 Å². The van der Waals surface area contributed by atoms with E-state index in [1.54, 1.807) is 18.6 Å². The summed E-state index contributed by atoms with van der Waals surface area (Å²) in [5.41, 5.74) is 1.88. The summed E-state index contributed by atoms with van der Waals surface area (Å²) < 4.78 is 10.5. The minimum atomic E-state index is 0.305. The number of hydrogen-bond acceptors (Lipinski definition) is 8. The topological polar surface area (TPSA) is 96.2 Å². The molecule has 124 valence electrons. The molecule has 0 aromatic carbocycles. The van der Waals surface area contributed by atoms with E-state index in [2.05, 4.69) is 31.2 Å². The lowest BCUT2D eigenvalue weighted by atomic mass is 10.2. The molecule has 8 nitrogen and oxygen atoms in total. The first kappa shape index (κ1) is 16.0. The normalized spacial score (nSPS) is 14.1. The molecule has 1 N–H and O–H groups in total. The second kappa shape index (κ2) is 7.57. The Morgan fingerprint density at radius 2 is 2.17 bits per heavy atom. The van der Waals surface area contributed by atoms with Gasteiger partial charge in [-0.1, -0.05) is 0 Å². The second-order valence-corrected chi connectivity index (χ2v) is 5.18. The van der Waals surface area contributed by atoms with Gasteiger partial charge in [-0.15, -0.1) is 0 Å². The summed E-state index contributed by atoms with van der Waals surface area (Å²) in [5.74, 6) is 1.19. The first-order chi connectivity index (χ1) is 11.8. The zero-order valence-electron chi connectivity index (χ0n) is 13.4. The Bertz CT molecular complexity index is 740. The summed E-state index contributed by atoms with van der Waals surface area (Å²) in [6, 6.07) is 5.80. The quantitative estimate of drug-likeness (QED) is 0.875. The summed E-state index contributed by atoms with van der Waals surface area (Å²) >= 11 is 0. The van der Waals surface area contributed by atoms with E-state index < -0.39 is 0 Å². The molecule has 1 aliphatic heterocycles. The first-order valence-electron chi connectivity index (χ1n) is 7.62. The molecule has 3 rings (SSSR count). The van der Waals surface area contributed by atoms with Crippen LogP contribution < -0.4 is 15.0 Å². The van der Waals surface area contributed by atoms with Gasteiger partial charge >= 0.3 is 0 Å². The van der Waals surface area contributed by atoms with Crippen molar-refractivity contribution < 1.29 is 9.47 Å². The van der Waals surface area contributed by atoms with E-state index in [-0.39, 0.29) is 0 Å². The van der Waals surface area contributed by atoms with Crippen molar-refractivity contribution in [2.24, 2.45) is 0 Å². The predicted molar refractivity (Wildman–Crippen MR) is 87.9 cm³/mol. The summed E-state index contributed by atoms with van der Waals surface area (Å²) in [6.45, 7) is 3.54. The van der Waals surface area contributed by atoms with Crippen LogP contribution >= 0.6 is 0 Å². The fraction of sp³-hybridized carbons (Fsp3) is 0.375. The number of nitriles is 1. The van der Waals surface area contributed by atoms with E-state index >= 15 is 0 Å². The average molecular weight is 326 g/mol. The smallest absolute Gasteiger partial charge is 0.233 e. The van der Waals surface area contributed by atoms with E-state index in [1.165, 1.54) is 7.11 Å². The third-order valence-corrected chi connectivity index (χ3v) is 3.73. The molecule has 24 heavy (non-hydrogen) atoms. The standard InChI is InChI=1S/C16H18N6O2/c1-23-16-13(9-17)14(2-3-18-16)19-10-12-8-15(21-11-20-12)22-4-6-24-7-5-22/h2-3,8,11H,4-7,10H2,1H3,(H,18,19). The number of morpholine rings is 1. The number of nitrogens with one attached hydrogen (secondary N) is 1. The summed E-state index contributed by atoms with van der Waals surface area (Å²) in [6.07, 6.45) is 3.15. The number of pyridine rings is 1. The number of hydrogen-bond donors (Lipinski definition) is 1. The van der Waals surface area contributed by atoms with E-state index in [0.29, 0.717) is 36.9 Å². The third kappa shape index (κ3) is 3.52. The van der Waals surface area contributed by atoms with Crippen molar-refractivity contribution in [2.45, 2.75) is 6.54 Å². The Morgan fingerprint density at radius 1 is 1.33 bits per heavy atom. The van der Waals surface area contributed by atoms with Gasteiger partial charge < -0.3 is 19.7 Å². The van der Waals surface area contributed by atoms with Crippen LogP contribution in [0, 0.1) is 11.3 Å². The third-order valence-electron chi connectivity index (χ3n) is 3.73. The van der Waals surface area contributed by atoms with Crippen LogP contribution in [0.1, 0.15) is 11.3 Å². The van der Waals surface area contributed by atoms with Gasteiger partial charge in [-0.05, 0) is 6.07 Å². The van der Waals surface area contributed by atoms with Crippen LogP contribution in [0.2, 0.25) is 0 Å². The molecule has 1 saturated heterocycles. The average Bonchev–Trinajstić information content (AvgIpc) is 2.66.